The van der Waals surface area contributed by atoms with Crippen LogP contribution in [0.15, 0.2) is 36.4 Å². The van der Waals surface area contributed by atoms with Gasteiger partial charge in [-0.15, -0.1) is 10.2 Å². The Balaban J connectivity index is 1.80. The molecule has 0 fully saturated rings. The first-order valence-electron chi connectivity index (χ1n) is 6.26. The predicted molar refractivity (Wildman–Crippen MR) is 75.0 cm³/mol. The molecule has 2 heterocycles. The van der Waals surface area contributed by atoms with Crippen molar-refractivity contribution in [3.8, 4) is 5.75 Å². The van der Waals surface area contributed by atoms with E-state index in [2.05, 4.69) is 15.5 Å². The van der Waals surface area contributed by atoms with E-state index in [9.17, 15) is 4.79 Å². The molecule has 0 saturated carbocycles. The van der Waals surface area contributed by atoms with E-state index in [1.54, 1.807) is 12.1 Å². The molecule has 1 aromatic heterocycles. The van der Waals surface area contributed by atoms with Crippen molar-refractivity contribution in [3.05, 3.63) is 47.1 Å². The number of nitrogens with zero attached hydrogens (tertiary/aromatic N) is 2. The van der Waals surface area contributed by atoms with Crippen LogP contribution in [-0.4, -0.2) is 22.7 Å². The maximum Gasteiger partial charge on any atom is 0.233 e. The van der Waals surface area contributed by atoms with Crippen molar-refractivity contribution < 1.29 is 9.53 Å². The molecule has 1 aliphatic heterocycles. The highest BCUT2D eigenvalue weighted by atomic mass is 35.5. The summed E-state index contributed by atoms with van der Waals surface area (Å²) in [5.41, 5.74) is 0.901. The number of carbonyl (C=O) groups excluding carboxylic acids is 1. The van der Waals surface area contributed by atoms with E-state index >= 15 is 0 Å². The molecule has 3 rings (SSSR count). The molecule has 0 spiro atoms. The zero-order valence-electron chi connectivity index (χ0n) is 10.5. The van der Waals surface area contributed by atoms with Crippen molar-refractivity contribution in [2.45, 2.75) is 12.3 Å². The SMILES string of the molecule is O=C(Nc1ccc(Cl)nn1)C1CCOc2ccccc21. The number of carbonyl (C=O) groups is 1. The highest BCUT2D eigenvalue weighted by Crippen LogP contribution is 2.33. The summed E-state index contributed by atoms with van der Waals surface area (Å²) in [5, 5.41) is 10.6. The first-order chi connectivity index (χ1) is 9.74. The highest BCUT2D eigenvalue weighted by Gasteiger charge is 2.27. The van der Waals surface area contributed by atoms with Crippen LogP contribution >= 0.6 is 11.6 Å². The van der Waals surface area contributed by atoms with Gasteiger partial charge in [0, 0.05) is 5.56 Å². The van der Waals surface area contributed by atoms with Gasteiger partial charge < -0.3 is 10.1 Å². The van der Waals surface area contributed by atoms with Crippen LogP contribution in [0.4, 0.5) is 5.82 Å². The number of aromatic nitrogens is 2. The molecule has 2 aromatic rings. The predicted octanol–water partition coefficient (Wildman–Crippen LogP) is 2.63. The van der Waals surface area contributed by atoms with Gasteiger partial charge in [0.25, 0.3) is 0 Å². The van der Waals surface area contributed by atoms with Gasteiger partial charge in [-0.2, -0.15) is 0 Å². The van der Waals surface area contributed by atoms with Gasteiger partial charge in [0.05, 0.1) is 12.5 Å². The third-order valence-corrected chi connectivity index (χ3v) is 3.36. The van der Waals surface area contributed by atoms with Gasteiger partial charge in [-0.1, -0.05) is 29.8 Å². The summed E-state index contributed by atoms with van der Waals surface area (Å²) in [5.74, 6) is 0.805. The summed E-state index contributed by atoms with van der Waals surface area (Å²) in [4.78, 5) is 12.3. The largest absolute Gasteiger partial charge is 0.493 e. The van der Waals surface area contributed by atoms with Gasteiger partial charge in [0.2, 0.25) is 5.91 Å². The molecular formula is C14H12ClN3O2. The van der Waals surface area contributed by atoms with Crippen molar-refractivity contribution in [2.75, 3.05) is 11.9 Å². The van der Waals surface area contributed by atoms with Crippen LogP contribution in [-0.2, 0) is 4.79 Å². The molecule has 1 aromatic carbocycles. The van der Waals surface area contributed by atoms with Gasteiger partial charge in [-0.05, 0) is 24.6 Å². The van der Waals surface area contributed by atoms with E-state index in [0.29, 0.717) is 24.0 Å². The first-order valence-corrected chi connectivity index (χ1v) is 6.63. The number of para-hydroxylation sites is 1. The van der Waals surface area contributed by atoms with Crippen LogP contribution in [0.1, 0.15) is 17.9 Å². The first kappa shape index (κ1) is 12.9. The van der Waals surface area contributed by atoms with Gasteiger partial charge in [-0.3, -0.25) is 4.79 Å². The summed E-state index contributed by atoms with van der Waals surface area (Å²) < 4.78 is 5.54. The molecule has 1 unspecified atom stereocenters. The lowest BCUT2D eigenvalue weighted by Gasteiger charge is -2.24. The van der Waals surface area contributed by atoms with Crippen LogP contribution < -0.4 is 10.1 Å². The number of hydrogen-bond acceptors (Lipinski definition) is 4. The number of anilines is 1. The second-order valence-corrected chi connectivity index (χ2v) is 4.85. The molecule has 0 radical (unpaired) electrons. The number of ether oxygens (including phenoxy) is 1. The zero-order chi connectivity index (χ0) is 13.9. The molecule has 20 heavy (non-hydrogen) atoms. The van der Waals surface area contributed by atoms with Gasteiger partial charge in [0.15, 0.2) is 11.0 Å². The second kappa shape index (κ2) is 5.46. The molecule has 0 bridgehead atoms. The molecule has 102 valence electrons. The Kier molecular flexibility index (Phi) is 3.52. The van der Waals surface area contributed by atoms with Crippen molar-refractivity contribution in [3.63, 3.8) is 0 Å². The molecule has 1 aliphatic rings. The molecule has 0 saturated heterocycles. The number of amides is 1. The van der Waals surface area contributed by atoms with Crippen LogP contribution in [0.2, 0.25) is 5.15 Å². The van der Waals surface area contributed by atoms with Crippen LogP contribution in [0.25, 0.3) is 0 Å². The fraction of sp³-hybridized carbons (Fsp3) is 0.214. The maximum atomic E-state index is 12.3. The minimum Gasteiger partial charge on any atom is -0.493 e. The number of benzene rings is 1. The maximum absolute atomic E-state index is 12.3. The lowest BCUT2D eigenvalue weighted by Crippen LogP contribution is -2.26. The minimum absolute atomic E-state index is 0.114. The molecule has 6 heteroatoms. The number of halogens is 1. The van der Waals surface area contributed by atoms with E-state index in [1.807, 2.05) is 24.3 Å². The Bertz CT molecular complexity index is 631. The smallest absolute Gasteiger partial charge is 0.233 e. The Labute approximate surface area is 120 Å². The summed E-state index contributed by atoms with van der Waals surface area (Å²) in [6, 6.07) is 10.8. The highest BCUT2D eigenvalue weighted by molar-refractivity contribution is 6.29. The van der Waals surface area contributed by atoms with Crippen LogP contribution in [0.5, 0.6) is 5.75 Å². The minimum atomic E-state index is -0.238. The molecule has 5 nitrogen and oxygen atoms in total. The zero-order valence-corrected chi connectivity index (χ0v) is 11.3. The van der Waals surface area contributed by atoms with Crippen LogP contribution in [0, 0.1) is 0 Å². The van der Waals surface area contributed by atoms with E-state index in [0.717, 1.165) is 11.3 Å². The molecule has 0 aliphatic carbocycles. The van der Waals surface area contributed by atoms with Crippen molar-refractivity contribution in [2.24, 2.45) is 0 Å². The van der Waals surface area contributed by atoms with Gasteiger partial charge in [0.1, 0.15) is 5.75 Å². The lowest BCUT2D eigenvalue weighted by molar-refractivity contribution is -0.118. The average molecular weight is 290 g/mol. The number of fused-ring (bicyclic) bond motifs is 1. The van der Waals surface area contributed by atoms with E-state index < -0.39 is 0 Å². The summed E-state index contributed by atoms with van der Waals surface area (Å²) in [7, 11) is 0. The third kappa shape index (κ3) is 2.58. The van der Waals surface area contributed by atoms with Gasteiger partial charge >= 0.3 is 0 Å². The summed E-state index contributed by atoms with van der Waals surface area (Å²) in [6.45, 7) is 0.529. The number of rotatable bonds is 2. The van der Waals surface area contributed by atoms with E-state index in [-0.39, 0.29) is 11.8 Å². The van der Waals surface area contributed by atoms with Crippen molar-refractivity contribution >= 4 is 23.3 Å². The van der Waals surface area contributed by atoms with Crippen LogP contribution in [0.3, 0.4) is 0 Å². The molecule has 1 N–H and O–H groups in total. The molecule has 1 atom stereocenters. The van der Waals surface area contributed by atoms with E-state index in [1.165, 1.54) is 0 Å². The quantitative estimate of drug-likeness (QED) is 0.923. The fourth-order valence-corrected chi connectivity index (χ4v) is 2.31. The Morgan fingerprint density at radius 3 is 2.90 bits per heavy atom. The van der Waals surface area contributed by atoms with Gasteiger partial charge in [-0.25, -0.2) is 0 Å². The normalized spacial score (nSPS) is 16.9. The topological polar surface area (TPSA) is 64.1 Å². The Morgan fingerprint density at radius 2 is 2.10 bits per heavy atom. The number of nitrogens with one attached hydrogen (secondary N) is 1. The standard InChI is InChI=1S/C14H12ClN3O2/c15-12-5-6-13(18-17-12)16-14(19)10-7-8-20-11-4-2-1-3-9(10)11/h1-6,10H,7-8H2,(H,16,18,19). The second-order valence-electron chi connectivity index (χ2n) is 4.46. The fourth-order valence-electron chi connectivity index (χ4n) is 2.21. The third-order valence-electron chi connectivity index (χ3n) is 3.16. The molecule has 1 amide bonds. The Hall–Kier alpha value is -2.14. The summed E-state index contributed by atoms with van der Waals surface area (Å²) in [6.07, 6.45) is 0.643. The average Bonchev–Trinajstić information content (AvgIpc) is 2.49. The van der Waals surface area contributed by atoms with Crippen molar-refractivity contribution in [1.29, 1.82) is 0 Å². The van der Waals surface area contributed by atoms with E-state index in [4.69, 9.17) is 16.3 Å². The molecular weight excluding hydrogens is 278 g/mol. The Morgan fingerprint density at radius 1 is 1.25 bits per heavy atom. The van der Waals surface area contributed by atoms with Crippen molar-refractivity contribution in [1.82, 2.24) is 10.2 Å². The lowest BCUT2D eigenvalue weighted by atomic mass is 9.92. The number of hydrogen-bond donors (Lipinski definition) is 1. The summed E-state index contributed by atoms with van der Waals surface area (Å²) >= 11 is 5.66. The monoisotopic (exact) mass is 289 g/mol.